The zero-order valence-electron chi connectivity index (χ0n) is 10.9. The molecule has 1 aromatic carbocycles. The fraction of sp³-hybridized carbons (Fsp3) is 0.308. The highest BCUT2D eigenvalue weighted by atomic mass is 32.1. The molecule has 0 saturated carbocycles. The molecule has 1 rings (SSSR count). The number of carboxylic acid groups (broad SMARTS) is 1. The molecule has 0 aliphatic rings. The van der Waals surface area contributed by atoms with Crippen LogP contribution in [-0.2, 0) is 9.59 Å². The lowest BCUT2D eigenvalue weighted by Gasteiger charge is -2.18. The number of rotatable bonds is 6. The Morgan fingerprint density at radius 3 is 2.65 bits per heavy atom. The third-order valence-corrected chi connectivity index (χ3v) is 3.06. The number of aromatic hydroxyl groups is 1. The van der Waals surface area contributed by atoms with Crippen molar-refractivity contribution in [3.63, 3.8) is 0 Å². The van der Waals surface area contributed by atoms with Crippen LogP contribution in [0, 0.1) is 5.92 Å². The van der Waals surface area contributed by atoms with Crippen molar-refractivity contribution in [1.82, 2.24) is 5.01 Å². The van der Waals surface area contributed by atoms with E-state index in [0.717, 1.165) is 5.01 Å². The van der Waals surface area contributed by atoms with Gasteiger partial charge in [-0.05, 0) is 12.1 Å². The predicted octanol–water partition coefficient (Wildman–Crippen LogP) is 1.21. The predicted molar refractivity (Wildman–Crippen MR) is 78.1 cm³/mol. The van der Waals surface area contributed by atoms with Crippen molar-refractivity contribution >= 4 is 30.7 Å². The molecular weight excluding hydrogens is 280 g/mol. The summed E-state index contributed by atoms with van der Waals surface area (Å²) in [6.45, 7) is 1.10. The van der Waals surface area contributed by atoms with Gasteiger partial charge in [-0.2, -0.15) is 17.7 Å². The third-order valence-electron chi connectivity index (χ3n) is 2.51. The van der Waals surface area contributed by atoms with Crippen molar-refractivity contribution in [2.75, 3.05) is 12.3 Å². The molecule has 1 atom stereocenters. The summed E-state index contributed by atoms with van der Waals surface area (Å²) in [4.78, 5) is 22.7. The summed E-state index contributed by atoms with van der Waals surface area (Å²) >= 11 is 4.01. The number of hydrazone groups is 1. The molecule has 0 bridgehead atoms. The van der Waals surface area contributed by atoms with Crippen LogP contribution >= 0.6 is 12.6 Å². The molecule has 20 heavy (non-hydrogen) atoms. The molecule has 2 N–H and O–H groups in total. The number of para-hydroxylation sites is 1. The van der Waals surface area contributed by atoms with Crippen LogP contribution in [0.3, 0.4) is 0 Å². The number of phenols is 1. The zero-order chi connectivity index (χ0) is 15.1. The number of carbonyl (C=O) groups is 2. The molecule has 0 radical (unpaired) electrons. The Kier molecular flexibility index (Phi) is 6.05. The fourth-order valence-electron chi connectivity index (χ4n) is 1.36. The van der Waals surface area contributed by atoms with Gasteiger partial charge in [-0.1, -0.05) is 19.1 Å². The van der Waals surface area contributed by atoms with E-state index in [2.05, 4.69) is 17.7 Å². The molecule has 7 heteroatoms. The lowest BCUT2D eigenvalue weighted by molar-refractivity contribution is -0.145. The summed E-state index contributed by atoms with van der Waals surface area (Å²) in [5.41, 5.74) is 0.397. The van der Waals surface area contributed by atoms with E-state index in [-0.39, 0.29) is 5.75 Å². The lowest BCUT2D eigenvalue weighted by Crippen LogP contribution is -2.35. The Morgan fingerprint density at radius 1 is 1.45 bits per heavy atom. The van der Waals surface area contributed by atoms with E-state index in [0.29, 0.717) is 11.3 Å². The number of carbonyl (C=O) groups excluding carboxylic acids is 1. The highest BCUT2D eigenvalue weighted by Crippen LogP contribution is 2.13. The van der Waals surface area contributed by atoms with Gasteiger partial charge in [0, 0.05) is 17.2 Å². The van der Waals surface area contributed by atoms with E-state index < -0.39 is 24.3 Å². The Balaban J connectivity index is 2.92. The molecule has 0 spiro atoms. The summed E-state index contributed by atoms with van der Waals surface area (Å²) in [7, 11) is 0. The van der Waals surface area contributed by atoms with Crippen molar-refractivity contribution in [1.29, 1.82) is 0 Å². The Hall–Kier alpha value is -2.02. The number of thiol groups is 1. The summed E-state index contributed by atoms with van der Waals surface area (Å²) in [6.07, 6.45) is 1.25. The van der Waals surface area contributed by atoms with E-state index in [9.17, 15) is 14.7 Å². The first-order valence-corrected chi connectivity index (χ1v) is 6.55. The number of hydrogen-bond acceptors (Lipinski definition) is 5. The molecule has 6 nitrogen and oxygen atoms in total. The number of phenolic OH excluding ortho intramolecular Hbond substituents is 1. The van der Waals surface area contributed by atoms with Crippen LogP contribution < -0.4 is 0 Å². The molecule has 0 aromatic heterocycles. The molecule has 0 heterocycles. The fourth-order valence-corrected chi connectivity index (χ4v) is 1.52. The second-order valence-electron chi connectivity index (χ2n) is 4.18. The first-order chi connectivity index (χ1) is 9.45. The first-order valence-electron chi connectivity index (χ1n) is 5.91. The van der Waals surface area contributed by atoms with Crippen LogP contribution in [0.25, 0.3) is 0 Å². The summed E-state index contributed by atoms with van der Waals surface area (Å²) < 4.78 is 0. The summed E-state index contributed by atoms with van der Waals surface area (Å²) in [5.74, 6) is -1.75. The lowest BCUT2D eigenvalue weighted by atomic mass is 10.2. The van der Waals surface area contributed by atoms with Crippen LogP contribution in [0.2, 0.25) is 0 Å². The normalized spacial score (nSPS) is 12.3. The van der Waals surface area contributed by atoms with Gasteiger partial charge in [-0.15, -0.1) is 0 Å². The van der Waals surface area contributed by atoms with Crippen molar-refractivity contribution in [3.8, 4) is 5.75 Å². The Labute approximate surface area is 122 Å². The largest absolute Gasteiger partial charge is 0.507 e. The highest BCUT2D eigenvalue weighted by Gasteiger charge is 2.21. The molecule has 108 valence electrons. The van der Waals surface area contributed by atoms with Crippen LogP contribution in [0.15, 0.2) is 29.4 Å². The van der Waals surface area contributed by atoms with Crippen LogP contribution in [0.1, 0.15) is 12.5 Å². The summed E-state index contributed by atoms with van der Waals surface area (Å²) in [5, 5.41) is 23.1. The average molecular weight is 296 g/mol. The van der Waals surface area contributed by atoms with Gasteiger partial charge in [0.05, 0.1) is 6.21 Å². The van der Waals surface area contributed by atoms with E-state index >= 15 is 0 Å². The number of carboxylic acids is 1. The first kappa shape index (κ1) is 16.0. The van der Waals surface area contributed by atoms with Crippen LogP contribution in [-0.4, -0.2) is 45.6 Å². The maximum Gasteiger partial charge on any atom is 0.325 e. The van der Waals surface area contributed by atoms with Crippen LogP contribution in [0.5, 0.6) is 5.75 Å². The van der Waals surface area contributed by atoms with Crippen LogP contribution in [0.4, 0.5) is 0 Å². The van der Waals surface area contributed by atoms with Gasteiger partial charge >= 0.3 is 5.97 Å². The van der Waals surface area contributed by atoms with Gasteiger partial charge in [0.1, 0.15) is 12.3 Å². The molecule has 1 amide bonds. The van der Waals surface area contributed by atoms with Gasteiger partial charge in [0.2, 0.25) is 5.91 Å². The molecule has 0 fully saturated rings. The smallest absolute Gasteiger partial charge is 0.325 e. The molecule has 1 aromatic rings. The summed E-state index contributed by atoms with van der Waals surface area (Å²) in [6, 6.07) is 6.42. The van der Waals surface area contributed by atoms with Gasteiger partial charge in [0.15, 0.2) is 0 Å². The topological polar surface area (TPSA) is 90.2 Å². The van der Waals surface area contributed by atoms with Gasteiger partial charge in [-0.25, -0.2) is 5.01 Å². The van der Waals surface area contributed by atoms with Gasteiger partial charge < -0.3 is 10.2 Å². The van der Waals surface area contributed by atoms with Crippen molar-refractivity contribution in [2.24, 2.45) is 11.0 Å². The Morgan fingerprint density at radius 2 is 2.10 bits per heavy atom. The van der Waals surface area contributed by atoms with Crippen molar-refractivity contribution in [3.05, 3.63) is 29.8 Å². The molecular formula is C13H16N2O4S. The van der Waals surface area contributed by atoms with Crippen molar-refractivity contribution < 1.29 is 19.8 Å². The minimum Gasteiger partial charge on any atom is -0.507 e. The van der Waals surface area contributed by atoms with Crippen molar-refractivity contribution in [2.45, 2.75) is 6.92 Å². The van der Waals surface area contributed by atoms with E-state index in [1.54, 1.807) is 25.1 Å². The number of nitrogens with zero attached hydrogens (tertiary/aromatic N) is 2. The molecule has 0 saturated heterocycles. The van der Waals surface area contributed by atoms with Gasteiger partial charge in [0.25, 0.3) is 0 Å². The Bertz CT molecular complexity index is 519. The average Bonchev–Trinajstić information content (AvgIpc) is 2.42. The van der Waals surface area contributed by atoms with E-state index in [1.807, 2.05) is 0 Å². The number of amides is 1. The SMILES string of the molecule is CC(CS)C(=O)N(CC(=O)O)N=Cc1ccccc1O. The molecule has 0 aliphatic carbocycles. The quantitative estimate of drug-likeness (QED) is 0.418. The molecule has 0 aliphatic heterocycles. The zero-order valence-corrected chi connectivity index (χ0v) is 11.8. The highest BCUT2D eigenvalue weighted by molar-refractivity contribution is 7.80. The number of aliphatic carboxylic acids is 1. The third kappa shape index (κ3) is 4.58. The maximum atomic E-state index is 12.0. The van der Waals surface area contributed by atoms with E-state index in [1.165, 1.54) is 12.3 Å². The standard InChI is InChI=1S/C13H16N2O4S/c1-9(8-20)13(19)15(7-12(17)18)14-6-10-4-2-3-5-11(10)16/h2-6,9,16,20H,7-8H2,1H3,(H,17,18). The minimum atomic E-state index is -1.17. The second kappa shape index (κ2) is 7.54. The number of hydrogen-bond donors (Lipinski definition) is 3. The van der Waals surface area contributed by atoms with Gasteiger partial charge in [-0.3, -0.25) is 9.59 Å². The number of benzene rings is 1. The maximum absolute atomic E-state index is 12.0. The molecule has 1 unspecified atom stereocenters. The monoisotopic (exact) mass is 296 g/mol. The minimum absolute atomic E-state index is 0.00113. The van der Waals surface area contributed by atoms with E-state index in [4.69, 9.17) is 5.11 Å². The second-order valence-corrected chi connectivity index (χ2v) is 4.54.